The highest BCUT2D eigenvalue weighted by atomic mass is 79.9. The highest BCUT2D eigenvalue weighted by Crippen LogP contribution is 2.44. The molecular formula is C28H22BrClN4O2S. The second kappa shape index (κ2) is 12.2. The third-order valence-corrected chi connectivity index (χ3v) is 7.62. The summed E-state index contributed by atoms with van der Waals surface area (Å²) in [6.07, 6.45) is 0. The topological polar surface area (TPSA) is 94.3 Å². The summed E-state index contributed by atoms with van der Waals surface area (Å²) in [5.74, 6) is -1.89. The van der Waals surface area contributed by atoms with Crippen LogP contribution in [0.2, 0.25) is 5.02 Å². The molecule has 0 spiro atoms. The Morgan fingerprint density at radius 1 is 1.00 bits per heavy atom. The van der Waals surface area contributed by atoms with Crippen molar-refractivity contribution in [3.8, 4) is 6.07 Å². The van der Waals surface area contributed by atoms with Gasteiger partial charge >= 0.3 is 0 Å². The van der Waals surface area contributed by atoms with Gasteiger partial charge in [-0.05, 0) is 55.0 Å². The summed E-state index contributed by atoms with van der Waals surface area (Å²) >= 11 is 11.1. The molecule has 0 saturated carbocycles. The number of nitrogens with one attached hydrogen (secondary N) is 2. The molecule has 1 aliphatic rings. The van der Waals surface area contributed by atoms with Crippen molar-refractivity contribution in [1.82, 2.24) is 0 Å². The molecular weight excluding hydrogens is 572 g/mol. The summed E-state index contributed by atoms with van der Waals surface area (Å²) in [6, 6.07) is 25.8. The standard InChI is InChI=1S/C28H22BrClN4O2S/c1-17-25(27(36)34-19-7-3-2-4-8-19)26(21-9-5-6-10-23(21)30)22(15-31)28(32-17)37-16-24(35)33-20-13-11-18(29)12-14-20/h2-14,25-26H,16H2,1H3,(H,33,35)(H,34,36)/t25?,26-/m0/s1. The zero-order valence-corrected chi connectivity index (χ0v) is 22.9. The Kier molecular flexibility index (Phi) is 8.82. The van der Waals surface area contributed by atoms with Crippen LogP contribution in [0.4, 0.5) is 11.4 Å². The van der Waals surface area contributed by atoms with E-state index in [2.05, 4.69) is 37.6 Å². The lowest BCUT2D eigenvalue weighted by molar-refractivity contribution is -0.118. The van der Waals surface area contributed by atoms with E-state index in [0.717, 1.165) is 16.2 Å². The zero-order chi connectivity index (χ0) is 26.4. The van der Waals surface area contributed by atoms with Crippen molar-refractivity contribution < 1.29 is 9.59 Å². The summed E-state index contributed by atoms with van der Waals surface area (Å²) in [5.41, 5.74) is 2.80. The van der Waals surface area contributed by atoms with Crippen molar-refractivity contribution in [3.63, 3.8) is 0 Å². The van der Waals surface area contributed by atoms with Crippen molar-refractivity contribution in [3.05, 3.63) is 105 Å². The summed E-state index contributed by atoms with van der Waals surface area (Å²) in [5, 5.41) is 16.8. The van der Waals surface area contributed by atoms with Crippen LogP contribution in [0.3, 0.4) is 0 Å². The van der Waals surface area contributed by atoms with E-state index < -0.39 is 11.8 Å². The number of allylic oxidation sites excluding steroid dienone is 1. The summed E-state index contributed by atoms with van der Waals surface area (Å²) in [4.78, 5) is 30.7. The van der Waals surface area contributed by atoms with Crippen LogP contribution in [0.5, 0.6) is 0 Å². The molecule has 2 amide bonds. The number of hydrogen-bond acceptors (Lipinski definition) is 5. The van der Waals surface area contributed by atoms with E-state index in [1.807, 2.05) is 42.5 Å². The monoisotopic (exact) mass is 592 g/mol. The minimum atomic E-state index is -0.754. The molecule has 4 rings (SSSR count). The molecule has 0 radical (unpaired) electrons. The maximum Gasteiger partial charge on any atom is 0.234 e. The second-order valence-corrected chi connectivity index (χ2v) is 10.5. The molecule has 1 heterocycles. The lowest BCUT2D eigenvalue weighted by Crippen LogP contribution is -2.36. The van der Waals surface area contributed by atoms with Crippen LogP contribution in [0.1, 0.15) is 18.4 Å². The van der Waals surface area contributed by atoms with Crippen molar-refractivity contribution in [2.45, 2.75) is 12.8 Å². The molecule has 3 aromatic rings. The smallest absolute Gasteiger partial charge is 0.234 e. The molecule has 0 fully saturated rings. The number of rotatable bonds is 7. The molecule has 0 saturated heterocycles. The zero-order valence-electron chi connectivity index (χ0n) is 19.7. The van der Waals surface area contributed by atoms with Gasteiger partial charge in [-0.3, -0.25) is 9.59 Å². The number of amides is 2. The summed E-state index contributed by atoms with van der Waals surface area (Å²) in [7, 11) is 0. The number of nitrogens with zero attached hydrogens (tertiary/aromatic N) is 2. The summed E-state index contributed by atoms with van der Waals surface area (Å²) in [6.45, 7) is 1.76. The van der Waals surface area contributed by atoms with Gasteiger partial charge in [0, 0.05) is 32.5 Å². The van der Waals surface area contributed by atoms with E-state index in [0.29, 0.717) is 38.3 Å². The molecule has 0 aromatic heterocycles. The number of thioether (sulfide) groups is 1. The van der Waals surface area contributed by atoms with Gasteiger partial charge in [0.1, 0.15) is 5.03 Å². The first-order valence-electron chi connectivity index (χ1n) is 11.4. The van der Waals surface area contributed by atoms with Gasteiger partial charge in [-0.1, -0.05) is 75.7 Å². The molecule has 3 aromatic carbocycles. The van der Waals surface area contributed by atoms with Gasteiger partial charge in [-0.25, -0.2) is 4.99 Å². The highest BCUT2D eigenvalue weighted by molar-refractivity contribution is 9.10. The lowest BCUT2D eigenvalue weighted by Gasteiger charge is -2.31. The van der Waals surface area contributed by atoms with Crippen molar-refractivity contribution >= 4 is 68.2 Å². The van der Waals surface area contributed by atoms with Gasteiger partial charge in [0.2, 0.25) is 11.8 Å². The third kappa shape index (κ3) is 6.50. The van der Waals surface area contributed by atoms with Crippen LogP contribution in [-0.4, -0.2) is 23.3 Å². The molecule has 0 bridgehead atoms. The molecule has 186 valence electrons. The number of anilines is 2. The Morgan fingerprint density at radius 2 is 1.65 bits per heavy atom. The van der Waals surface area contributed by atoms with Crippen molar-refractivity contribution in [1.29, 1.82) is 5.26 Å². The minimum Gasteiger partial charge on any atom is -0.325 e. The average molecular weight is 594 g/mol. The number of carbonyl (C=O) groups excluding carboxylic acids is 2. The number of para-hydroxylation sites is 1. The predicted molar refractivity (Wildman–Crippen MR) is 154 cm³/mol. The van der Waals surface area contributed by atoms with Crippen LogP contribution >= 0.6 is 39.3 Å². The lowest BCUT2D eigenvalue weighted by atomic mass is 9.76. The molecule has 0 aliphatic carbocycles. The molecule has 9 heteroatoms. The SMILES string of the molecule is CC1=NC(SCC(=O)Nc2ccc(Br)cc2)=C(C#N)[C@H](c2ccccc2Cl)C1C(=O)Nc1ccccc1. The Morgan fingerprint density at radius 3 is 2.32 bits per heavy atom. The number of benzene rings is 3. The summed E-state index contributed by atoms with van der Waals surface area (Å²) < 4.78 is 0.909. The molecule has 2 atom stereocenters. The van der Waals surface area contributed by atoms with Gasteiger partial charge in [0.05, 0.1) is 23.3 Å². The van der Waals surface area contributed by atoms with Gasteiger partial charge in [0.25, 0.3) is 0 Å². The van der Waals surface area contributed by atoms with Crippen LogP contribution in [0, 0.1) is 17.2 Å². The van der Waals surface area contributed by atoms with Crippen LogP contribution in [0.25, 0.3) is 0 Å². The molecule has 1 aliphatic heterocycles. The Hall–Kier alpha value is -3.38. The van der Waals surface area contributed by atoms with Gasteiger partial charge in [-0.15, -0.1) is 0 Å². The van der Waals surface area contributed by atoms with Crippen molar-refractivity contribution in [2.75, 3.05) is 16.4 Å². The van der Waals surface area contributed by atoms with Crippen LogP contribution in [-0.2, 0) is 9.59 Å². The van der Waals surface area contributed by atoms with Crippen molar-refractivity contribution in [2.24, 2.45) is 10.9 Å². The first-order valence-corrected chi connectivity index (χ1v) is 13.5. The predicted octanol–water partition coefficient (Wildman–Crippen LogP) is 7.02. The fraction of sp³-hybridized carbons (Fsp3) is 0.143. The quantitative estimate of drug-likeness (QED) is 0.308. The Labute approximate surface area is 233 Å². The number of aliphatic imine (C=N–C) groups is 1. The minimum absolute atomic E-state index is 0.0451. The first kappa shape index (κ1) is 26.7. The van der Waals surface area contributed by atoms with E-state index in [4.69, 9.17) is 11.6 Å². The fourth-order valence-corrected chi connectivity index (χ4v) is 5.46. The van der Waals surface area contributed by atoms with E-state index in [1.54, 1.807) is 43.3 Å². The highest BCUT2D eigenvalue weighted by Gasteiger charge is 2.40. The molecule has 6 nitrogen and oxygen atoms in total. The number of nitriles is 1. The maximum atomic E-state index is 13.5. The maximum absolute atomic E-state index is 13.5. The third-order valence-electron chi connectivity index (χ3n) is 5.76. The van der Waals surface area contributed by atoms with E-state index in [9.17, 15) is 14.9 Å². The van der Waals surface area contributed by atoms with E-state index >= 15 is 0 Å². The van der Waals surface area contributed by atoms with Gasteiger partial charge in [-0.2, -0.15) is 5.26 Å². The molecule has 1 unspecified atom stereocenters. The molecule has 37 heavy (non-hydrogen) atoms. The van der Waals surface area contributed by atoms with Gasteiger partial charge in [0.15, 0.2) is 0 Å². The van der Waals surface area contributed by atoms with Crippen LogP contribution in [0.15, 0.2) is 98.9 Å². The first-order chi connectivity index (χ1) is 17.9. The van der Waals surface area contributed by atoms with Gasteiger partial charge < -0.3 is 10.6 Å². The fourth-order valence-electron chi connectivity index (χ4n) is 4.07. The normalized spacial score (nSPS) is 17.0. The van der Waals surface area contributed by atoms with Crippen LogP contribution < -0.4 is 10.6 Å². The Balaban J connectivity index is 1.63. The van der Waals surface area contributed by atoms with E-state index in [-0.39, 0.29) is 17.6 Å². The molecule has 2 N–H and O–H groups in total. The Bertz CT molecular complexity index is 1420. The second-order valence-electron chi connectivity index (χ2n) is 8.26. The average Bonchev–Trinajstić information content (AvgIpc) is 2.89. The number of hydrogen-bond donors (Lipinski definition) is 2. The van der Waals surface area contributed by atoms with E-state index in [1.165, 1.54) is 0 Å². The number of halogens is 2. The largest absolute Gasteiger partial charge is 0.325 e. The number of carbonyl (C=O) groups is 2.